The second-order valence-corrected chi connectivity index (χ2v) is 6.96. The minimum atomic E-state index is -0.553. The third kappa shape index (κ3) is 3.63. The van der Waals surface area contributed by atoms with Crippen molar-refractivity contribution in [2.75, 3.05) is 25.7 Å². The molecule has 0 bridgehead atoms. The Balaban J connectivity index is 1.57. The summed E-state index contributed by atoms with van der Waals surface area (Å²) in [6.07, 6.45) is 0.148. The predicted molar refractivity (Wildman–Crippen MR) is 104 cm³/mol. The Morgan fingerprint density at radius 2 is 1.97 bits per heavy atom. The van der Waals surface area contributed by atoms with Gasteiger partial charge in [-0.1, -0.05) is 16.8 Å². The summed E-state index contributed by atoms with van der Waals surface area (Å²) >= 11 is 5.79. The lowest BCUT2D eigenvalue weighted by Gasteiger charge is -2.16. The van der Waals surface area contributed by atoms with E-state index >= 15 is 0 Å². The first kappa shape index (κ1) is 19.2. The highest BCUT2D eigenvalue weighted by Crippen LogP contribution is 2.35. The number of carbonyl (C=O) groups excluding carboxylic acids is 1. The van der Waals surface area contributed by atoms with Crippen LogP contribution in [0.3, 0.4) is 0 Å². The molecule has 1 saturated heterocycles. The summed E-state index contributed by atoms with van der Waals surface area (Å²) in [5, 5.41) is 4.28. The van der Waals surface area contributed by atoms with Crippen molar-refractivity contribution in [3.8, 4) is 22.9 Å². The summed E-state index contributed by atoms with van der Waals surface area (Å²) in [6, 6.07) is 9.48. The molecule has 29 heavy (non-hydrogen) atoms. The minimum absolute atomic E-state index is 0.148. The molecule has 4 rings (SSSR count). The molecule has 0 radical (unpaired) electrons. The van der Waals surface area contributed by atoms with Gasteiger partial charge in [-0.05, 0) is 36.4 Å². The zero-order valence-electron chi connectivity index (χ0n) is 15.7. The quantitative estimate of drug-likeness (QED) is 0.622. The van der Waals surface area contributed by atoms with Crippen LogP contribution in [-0.4, -0.2) is 36.8 Å². The maximum atomic E-state index is 14.2. The van der Waals surface area contributed by atoms with E-state index in [1.54, 1.807) is 31.4 Å². The van der Waals surface area contributed by atoms with E-state index in [1.165, 1.54) is 24.1 Å². The Hall–Kier alpha value is -3.13. The van der Waals surface area contributed by atoms with Crippen molar-refractivity contribution in [1.82, 2.24) is 10.1 Å². The fourth-order valence-electron chi connectivity index (χ4n) is 3.30. The number of amides is 1. The van der Waals surface area contributed by atoms with E-state index in [9.17, 15) is 9.18 Å². The third-order valence-corrected chi connectivity index (χ3v) is 4.99. The molecule has 1 fully saturated rings. The van der Waals surface area contributed by atoms with Crippen molar-refractivity contribution in [2.24, 2.45) is 0 Å². The van der Waals surface area contributed by atoms with Gasteiger partial charge in [0.25, 0.3) is 0 Å². The zero-order valence-corrected chi connectivity index (χ0v) is 16.4. The first-order valence-electron chi connectivity index (χ1n) is 8.81. The van der Waals surface area contributed by atoms with Gasteiger partial charge in [-0.2, -0.15) is 4.98 Å². The van der Waals surface area contributed by atoms with Gasteiger partial charge in [-0.25, -0.2) is 4.39 Å². The van der Waals surface area contributed by atoms with E-state index in [0.717, 1.165) is 0 Å². The summed E-state index contributed by atoms with van der Waals surface area (Å²) in [5.74, 6) is 0.701. The lowest BCUT2D eigenvalue weighted by molar-refractivity contribution is -0.117. The SMILES string of the molecule is COc1ccc(-c2noc(C3CC(=O)N(c4ccc(Cl)cc4F)C3)n2)cc1OC. The molecule has 1 aromatic heterocycles. The van der Waals surface area contributed by atoms with Crippen LogP contribution in [0, 0.1) is 5.82 Å². The predicted octanol–water partition coefficient (Wildman–Crippen LogP) is 4.07. The number of anilines is 1. The molecule has 0 saturated carbocycles. The number of carbonyl (C=O) groups is 1. The van der Waals surface area contributed by atoms with E-state index in [1.807, 2.05) is 0 Å². The molecule has 1 amide bonds. The first-order chi connectivity index (χ1) is 14.0. The molecule has 0 N–H and O–H groups in total. The standard InChI is InChI=1S/C20H17ClFN3O4/c1-27-16-6-3-11(7-17(16)28-2)19-23-20(29-24-19)12-8-18(26)25(10-12)15-5-4-13(21)9-14(15)22/h3-7,9,12H,8,10H2,1-2H3. The highest BCUT2D eigenvalue weighted by atomic mass is 35.5. The molecule has 7 nitrogen and oxygen atoms in total. The summed E-state index contributed by atoms with van der Waals surface area (Å²) in [7, 11) is 3.09. The molecule has 1 aliphatic heterocycles. The Bertz CT molecular complexity index is 1070. The van der Waals surface area contributed by atoms with Gasteiger partial charge in [0.15, 0.2) is 11.5 Å². The molecule has 1 aliphatic rings. The summed E-state index contributed by atoms with van der Waals surface area (Å²) in [4.78, 5) is 18.2. The number of ether oxygens (including phenoxy) is 2. The topological polar surface area (TPSA) is 77.7 Å². The summed E-state index contributed by atoms with van der Waals surface area (Å²) in [6.45, 7) is 0.241. The van der Waals surface area contributed by atoms with E-state index in [2.05, 4.69) is 10.1 Å². The molecular formula is C20H17ClFN3O4. The first-order valence-corrected chi connectivity index (χ1v) is 9.19. The molecule has 2 heterocycles. The normalized spacial score (nSPS) is 16.3. The van der Waals surface area contributed by atoms with E-state index in [-0.39, 0.29) is 35.5 Å². The van der Waals surface area contributed by atoms with Crippen LogP contribution < -0.4 is 14.4 Å². The molecule has 1 unspecified atom stereocenters. The second kappa shape index (κ2) is 7.71. The number of aromatic nitrogens is 2. The lowest BCUT2D eigenvalue weighted by atomic mass is 10.1. The number of hydrogen-bond acceptors (Lipinski definition) is 6. The zero-order chi connectivity index (χ0) is 20.5. The van der Waals surface area contributed by atoms with Gasteiger partial charge >= 0.3 is 0 Å². The van der Waals surface area contributed by atoms with Gasteiger partial charge in [-0.15, -0.1) is 0 Å². The fraction of sp³-hybridized carbons (Fsp3) is 0.250. The van der Waals surface area contributed by atoms with Gasteiger partial charge in [-0.3, -0.25) is 4.79 Å². The molecule has 0 aliphatic carbocycles. The number of benzene rings is 2. The average molecular weight is 418 g/mol. The van der Waals surface area contributed by atoms with Crippen LogP contribution in [0.5, 0.6) is 11.5 Å². The van der Waals surface area contributed by atoms with Gasteiger partial charge in [0, 0.05) is 23.6 Å². The molecule has 1 atom stereocenters. The summed E-state index contributed by atoms with van der Waals surface area (Å²) in [5.41, 5.74) is 0.865. The fourth-order valence-corrected chi connectivity index (χ4v) is 3.46. The van der Waals surface area contributed by atoms with Crippen LogP contribution in [0.2, 0.25) is 5.02 Å². The third-order valence-electron chi connectivity index (χ3n) is 4.76. The molecular weight excluding hydrogens is 401 g/mol. The minimum Gasteiger partial charge on any atom is -0.493 e. The lowest BCUT2D eigenvalue weighted by Crippen LogP contribution is -2.25. The van der Waals surface area contributed by atoms with Gasteiger partial charge in [0.2, 0.25) is 17.6 Å². The van der Waals surface area contributed by atoms with Crippen LogP contribution >= 0.6 is 11.6 Å². The highest BCUT2D eigenvalue weighted by Gasteiger charge is 2.36. The number of nitrogens with zero attached hydrogens (tertiary/aromatic N) is 3. The molecule has 150 valence electrons. The van der Waals surface area contributed by atoms with E-state index in [0.29, 0.717) is 28.8 Å². The highest BCUT2D eigenvalue weighted by molar-refractivity contribution is 6.30. The molecule has 0 spiro atoms. The molecule has 9 heteroatoms. The molecule has 3 aromatic rings. The van der Waals surface area contributed by atoms with E-state index < -0.39 is 5.82 Å². The maximum Gasteiger partial charge on any atom is 0.232 e. The van der Waals surface area contributed by atoms with Crippen LogP contribution in [0.25, 0.3) is 11.4 Å². The van der Waals surface area contributed by atoms with Crippen LogP contribution in [0.1, 0.15) is 18.2 Å². The number of halogens is 2. The Kier molecular flexibility index (Phi) is 5.10. The van der Waals surface area contributed by atoms with Crippen LogP contribution in [0.4, 0.5) is 10.1 Å². The Morgan fingerprint density at radius 3 is 2.69 bits per heavy atom. The van der Waals surface area contributed by atoms with Crippen molar-refractivity contribution in [1.29, 1.82) is 0 Å². The number of rotatable bonds is 5. The van der Waals surface area contributed by atoms with Crippen molar-refractivity contribution in [3.05, 3.63) is 53.1 Å². The van der Waals surface area contributed by atoms with Crippen molar-refractivity contribution >= 4 is 23.2 Å². The van der Waals surface area contributed by atoms with Crippen molar-refractivity contribution in [2.45, 2.75) is 12.3 Å². The Labute approximate surface area is 171 Å². The Morgan fingerprint density at radius 1 is 1.17 bits per heavy atom. The number of methoxy groups -OCH3 is 2. The second-order valence-electron chi connectivity index (χ2n) is 6.53. The molecule has 2 aromatic carbocycles. The van der Waals surface area contributed by atoms with Gasteiger partial charge in [0.1, 0.15) is 5.82 Å². The van der Waals surface area contributed by atoms with Crippen molar-refractivity contribution in [3.63, 3.8) is 0 Å². The summed E-state index contributed by atoms with van der Waals surface area (Å²) < 4.78 is 30.1. The van der Waals surface area contributed by atoms with Gasteiger partial charge < -0.3 is 18.9 Å². The van der Waals surface area contributed by atoms with Crippen LogP contribution in [0.15, 0.2) is 40.9 Å². The maximum absolute atomic E-state index is 14.2. The van der Waals surface area contributed by atoms with Crippen LogP contribution in [-0.2, 0) is 4.79 Å². The van der Waals surface area contributed by atoms with Gasteiger partial charge in [0.05, 0.1) is 25.8 Å². The smallest absolute Gasteiger partial charge is 0.232 e. The monoisotopic (exact) mass is 417 g/mol. The van der Waals surface area contributed by atoms with Crippen molar-refractivity contribution < 1.29 is 23.2 Å². The largest absolute Gasteiger partial charge is 0.493 e. The number of hydrogen-bond donors (Lipinski definition) is 0. The average Bonchev–Trinajstić information content (AvgIpc) is 3.34. The van der Waals surface area contributed by atoms with E-state index in [4.69, 9.17) is 25.6 Å².